The molecule has 0 saturated carbocycles. The highest BCUT2D eigenvalue weighted by molar-refractivity contribution is 6.30. The van der Waals surface area contributed by atoms with Crippen LogP contribution >= 0.6 is 11.6 Å². The molecule has 2 aromatic rings. The fraction of sp³-hybridized carbons (Fsp3) is 0.250. The molecule has 0 aliphatic rings. The van der Waals surface area contributed by atoms with Crippen LogP contribution in [0.5, 0.6) is 5.75 Å². The second kappa shape index (κ2) is 5.81. The van der Waals surface area contributed by atoms with Gasteiger partial charge < -0.3 is 9.84 Å². The van der Waals surface area contributed by atoms with Gasteiger partial charge in [-0.1, -0.05) is 17.7 Å². The molecule has 0 saturated heterocycles. The Morgan fingerprint density at radius 2 is 1.85 bits per heavy atom. The number of methoxy groups -OCH3 is 1. The Kier molecular flexibility index (Phi) is 4.31. The maximum absolute atomic E-state index is 13.2. The lowest BCUT2D eigenvalue weighted by atomic mass is 9.95. The van der Waals surface area contributed by atoms with E-state index in [0.29, 0.717) is 5.56 Å². The van der Waals surface area contributed by atoms with E-state index in [1.165, 1.54) is 18.2 Å². The molecule has 0 fully saturated rings. The first-order valence-electron chi connectivity index (χ1n) is 6.22. The van der Waals surface area contributed by atoms with Crippen LogP contribution in [0.3, 0.4) is 0 Å². The molecule has 2 aromatic carbocycles. The summed E-state index contributed by atoms with van der Waals surface area (Å²) < 4.78 is 18.4. The lowest BCUT2D eigenvalue weighted by molar-refractivity contribution is 0.219. The number of rotatable bonds is 3. The highest BCUT2D eigenvalue weighted by Crippen LogP contribution is 2.31. The topological polar surface area (TPSA) is 29.5 Å². The van der Waals surface area contributed by atoms with E-state index in [0.717, 1.165) is 22.4 Å². The van der Waals surface area contributed by atoms with Gasteiger partial charge in [0.25, 0.3) is 0 Å². The molecule has 0 aliphatic carbocycles. The van der Waals surface area contributed by atoms with Crippen LogP contribution in [-0.2, 0) is 0 Å². The largest absolute Gasteiger partial charge is 0.496 e. The summed E-state index contributed by atoms with van der Waals surface area (Å²) in [4.78, 5) is 0. The molecule has 0 aromatic heterocycles. The summed E-state index contributed by atoms with van der Waals surface area (Å²) in [5, 5.41) is 10.5. The maximum atomic E-state index is 13.2. The molecule has 0 bridgehead atoms. The zero-order valence-electron chi connectivity index (χ0n) is 11.6. The summed E-state index contributed by atoms with van der Waals surface area (Å²) in [6.45, 7) is 3.80. The summed E-state index contributed by atoms with van der Waals surface area (Å²) in [6.07, 6.45) is -0.849. The first kappa shape index (κ1) is 14.8. The van der Waals surface area contributed by atoms with Crippen LogP contribution in [0.25, 0.3) is 0 Å². The van der Waals surface area contributed by atoms with Gasteiger partial charge in [0.2, 0.25) is 0 Å². The average Bonchev–Trinajstić information content (AvgIpc) is 2.43. The first-order valence-corrected chi connectivity index (χ1v) is 6.60. The fourth-order valence-electron chi connectivity index (χ4n) is 2.19. The molecule has 2 nitrogen and oxygen atoms in total. The van der Waals surface area contributed by atoms with Crippen molar-refractivity contribution < 1.29 is 14.2 Å². The second-order valence-electron chi connectivity index (χ2n) is 4.75. The molecule has 1 N–H and O–H groups in total. The minimum Gasteiger partial charge on any atom is -0.496 e. The Balaban J connectivity index is 2.45. The van der Waals surface area contributed by atoms with Crippen molar-refractivity contribution in [2.75, 3.05) is 7.11 Å². The van der Waals surface area contributed by atoms with Gasteiger partial charge in [-0.15, -0.1) is 0 Å². The van der Waals surface area contributed by atoms with Gasteiger partial charge in [-0.2, -0.15) is 0 Å². The van der Waals surface area contributed by atoms with Crippen LogP contribution in [0.15, 0.2) is 30.3 Å². The Morgan fingerprint density at radius 3 is 2.45 bits per heavy atom. The second-order valence-corrected chi connectivity index (χ2v) is 5.16. The quantitative estimate of drug-likeness (QED) is 0.920. The van der Waals surface area contributed by atoms with E-state index in [1.807, 2.05) is 26.0 Å². The van der Waals surface area contributed by atoms with Crippen LogP contribution in [0, 0.1) is 19.7 Å². The van der Waals surface area contributed by atoms with Gasteiger partial charge in [-0.25, -0.2) is 4.39 Å². The van der Waals surface area contributed by atoms with Crippen molar-refractivity contribution in [2.45, 2.75) is 20.0 Å². The van der Waals surface area contributed by atoms with E-state index < -0.39 is 11.9 Å². The van der Waals surface area contributed by atoms with Crippen molar-refractivity contribution in [3.8, 4) is 5.75 Å². The van der Waals surface area contributed by atoms with Crippen molar-refractivity contribution in [3.63, 3.8) is 0 Å². The van der Waals surface area contributed by atoms with Crippen molar-refractivity contribution in [3.05, 3.63) is 63.4 Å². The Bertz CT molecular complexity index is 641. The van der Waals surface area contributed by atoms with Gasteiger partial charge in [-0.3, -0.25) is 0 Å². The first-order chi connectivity index (χ1) is 9.43. The highest BCUT2D eigenvalue weighted by Gasteiger charge is 2.16. The van der Waals surface area contributed by atoms with Gasteiger partial charge in [-0.05, 0) is 60.4 Å². The van der Waals surface area contributed by atoms with Crippen molar-refractivity contribution in [1.29, 1.82) is 0 Å². The summed E-state index contributed by atoms with van der Waals surface area (Å²) in [5.74, 6) is 0.279. The van der Waals surface area contributed by atoms with E-state index in [2.05, 4.69) is 0 Å². The molecule has 0 amide bonds. The molecule has 1 unspecified atom stereocenters. The lowest BCUT2D eigenvalue weighted by Crippen LogP contribution is -2.04. The average molecular weight is 295 g/mol. The lowest BCUT2D eigenvalue weighted by Gasteiger charge is -2.17. The van der Waals surface area contributed by atoms with Gasteiger partial charge in [0, 0.05) is 0 Å². The third kappa shape index (κ3) is 2.79. The number of hydrogen-bond acceptors (Lipinski definition) is 2. The molecular weight excluding hydrogens is 279 g/mol. The van der Waals surface area contributed by atoms with Crippen LogP contribution < -0.4 is 4.74 Å². The van der Waals surface area contributed by atoms with Crippen LogP contribution in [0.4, 0.5) is 4.39 Å². The molecule has 20 heavy (non-hydrogen) atoms. The molecule has 1 atom stereocenters. The molecule has 0 spiro atoms. The van der Waals surface area contributed by atoms with E-state index in [4.69, 9.17) is 16.3 Å². The smallest absolute Gasteiger partial charge is 0.141 e. The fourth-order valence-corrected chi connectivity index (χ4v) is 2.38. The highest BCUT2D eigenvalue weighted by atomic mass is 35.5. The molecule has 2 rings (SSSR count). The Morgan fingerprint density at radius 1 is 1.15 bits per heavy atom. The third-order valence-electron chi connectivity index (χ3n) is 3.34. The van der Waals surface area contributed by atoms with Gasteiger partial charge in [0.15, 0.2) is 0 Å². The molecule has 0 heterocycles. The van der Waals surface area contributed by atoms with E-state index >= 15 is 0 Å². The van der Waals surface area contributed by atoms with Crippen molar-refractivity contribution in [1.82, 2.24) is 0 Å². The molecular formula is C16H16ClFO2. The summed E-state index contributed by atoms with van der Waals surface area (Å²) in [6, 6.07) is 7.98. The molecule has 4 heteroatoms. The van der Waals surface area contributed by atoms with E-state index in [-0.39, 0.29) is 5.02 Å². The van der Waals surface area contributed by atoms with E-state index in [1.54, 1.807) is 7.11 Å². The predicted molar refractivity (Wildman–Crippen MR) is 77.9 cm³/mol. The van der Waals surface area contributed by atoms with Crippen LogP contribution in [0.1, 0.15) is 28.4 Å². The van der Waals surface area contributed by atoms with E-state index in [9.17, 15) is 9.50 Å². The predicted octanol–water partition coefficient (Wildman–Crippen LogP) is 4.19. The van der Waals surface area contributed by atoms with Crippen molar-refractivity contribution >= 4 is 11.6 Å². The third-order valence-corrected chi connectivity index (χ3v) is 3.63. The number of aliphatic hydroxyl groups is 1. The SMILES string of the molecule is COc1cc(C)c(C(O)c2ccc(F)c(Cl)c2)cc1C. The monoisotopic (exact) mass is 294 g/mol. The summed E-state index contributed by atoms with van der Waals surface area (Å²) in [5.41, 5.74) is 3.15. The number of ether oxygens (including phenoxy) is 1. The maximum Gasteiger partial charge on any atom is 0.141 e. The Hall–Kier alpha value is -1.58. The zero-order valence-corrected chi connectivity index (χ0v) is 12.3. The number of aliphatic hydroxyl groups excluding tert-OH is 1. The van der Waals surface area contributed by atoms with Gasteiger partial charge >= 0.3 is 0 Å². The molecule has 0 radical (unpaired) electrons. The Labute approximate surface area is 122 Å². The van der Waals surface area contributed by atoms with Crippen molar-refractivity contribution in [2.24, 2.45) is 0 Å². The minimum absolute atomic E-state index is 0.00411. The normalized spacial score (nSPS) is 12.3. The van der Waals surface area contributed by atoms with Gasteiger partial charge in [0.1, 0.15) is 17.7 Å². The number of hydrogen-bond donors (Lipinski definition) is 1. The van der Waals surface area contributed by atoms with Crippen LogP contribution in [-0.4, -0.2) is 12.2 Å². The zero-order chi connectivity index (χ0) is 14.9. The minimum atomic E-state index is -0.849. The molecule has 0 aliphatic heterocycles. The summed E-state index contributed by atoms with van der Waals surface area (Å²) in [7, 11) is 1.61. The summed E-state index contributed by atoms with van der Waals surface area (Å²) >= 11 is 5.76. The number of aryl methyl sites for hydroxylation is 2. The molecule has 106 valence electrons. The standard InChI is InChI=1S/C16H16ClFO2/c1-9-7-15(20-3)10(2)6-12(9)16(19)11-4-5-14(18)13(17)8-11/h4-8,16,19H,1-3H3. The number of halogens is 2. The van der Waals surface area contributed by atoms with Crippen LogP contribution in [0.2, 0.25) is 5.02 Å². The van der Waals surface area contributed by atoms with Gasteiger partial charge in [0.05, 0.1) is 12.1 Å². The number of benzene rings is 2.